The van der Waals surface area contributed by atoms with Gasteiger partial charge in [0.1, 0.15) is 0 Å². The summed E-state index contributed by atoms with van der Waals surface area (Å²) in [5, 5.41) is 1.44. The number of carbonyl (C=O) groups excluding carboxylic acids is 1. The molecule has 2 aromatic rings. The van der Waals surface area contributed by atoms with E-state index in [9.17, 15) is 0 Å². The van der Waals surface area contributed by atoms with E-state index < -0.39 is 6.03 Å². The van der Waals surface area contributed by atoms with E-state index in [1.54, 1.807) is 5.56 Å². The van der Waals surface area contributed by atoms with Crippen molar-refractivity contribution in [2.75, 3.05) is 0 Å². The van der Waals surface area contributed by atoms with Gasteiger partial charge in [-0.3, -0.25) is 0 Å². The van der Waals surface area contributed by atoms with Crippen molar-refractivity contribution in [1.29, 1.82) is 0 Å². The predicted octanol–water partition coefficient (Wildman–Crippen LogP) is 2.07. The summed E-state index contributed by atoms with van der Waals surface area (Å²) in [6.07, 6.45) is 5.21. The van der Waals surface area contributed by atoms with Gasteiger partial charge in [-0.05, 0) is 37.3 Å². The van der Waals surface area contributed by atoms with E-state index >= 15 is 0 Å². The molecule has 0 fully saturated rings. The van der Waals surface area contributed by atoms with E-state index in [1.165, 1.54) is 42.3 Å². The average Bonchev–Trinajstić information content (AvgIpc) is 2.66. The summed E-state index contributed by atoms with van der Waals surface area (Å²) in [6.45, 7) is 0. The van der Waals surface area contributed by atoms with Crippen LogP contribution in [-0.4, -0.2) is 11.0 Å². The number of hydrogen-bond donors (Lipinski definition) is 3. The van der Waals surface area contributed by atoms with E-state index in [0.29, 0.717) is 0 Å². The lowest BCUT2D eigenvalue weighted by atomic mass is 9.96. The normalized spacial score (nSPS) is 13.6. The summed E-state index contributed by atoms with van der Waals surface area (Å²) >= 11 is 0. The number of benzene rings is 1. The Labute approximate surface area is 100.0 Å². The number of nitrogens with one attached hydrogen (secondary N) is 1. The number of aromatic nitrogens is 1. The molecule has 4 heteroatoms. The summed E-state index contributed by atoms with van der Waals surface area (Å²) in [5.74, 6) is 0. The molecule has 1 aliphatic carbocycles. The van der Waals surface area contributed by atoms with Crippen LogP contribution in [0.5, 0.6) is 0 Å². The zero-order valence-electron chi connectivity index (χ0n) is 9.70. The van der Waals surface area contributed by atoms with Crippen LogP contribution in [0.3, 0.4) is 0 Å². The quantitative estimate of drug-likeness (QED) is 0.637. The van der Waals surface area contributed by atoms with Crippen molar-refractivity contribution in [3.8, 4) is 0 Å². The largest absolute Gasteiger partial charge is 0.358 e. The number of aryl methyl sites for hydroxylation is 2. The standard InChI is InChI=1S/C12H13N.CH4N2O/c1-3-7-11-9(5-1)10-6-2-4-8-12(10)13-11;2-1(3)4/h1,3,5,7,13H,2,4,6,8H2;(H4,2,3,4). The molecular weight excluding hydrogens is 214 g/mol. The van der Waals surface area contributed by atoms with Crippen LogP contribution in [0.4, 0.5) is 4.79 Å². The molecule has 3 rings (SSSR count). The van der Waals surface area contributed by atoms with Crippen LogP contribution in [0.1, 0.15) is 24.1 Å². The highest BCUT2D eigenvalue weighted by Crippen LogP contribution is 2.28. The van der Waals surface area contributed by atoms with Crippen molar-refractivity contribution < 1.29 is 4.79 Å². The van der Waals surface area contributed by atoms with Gasteiger partial charge < -0.3 is 16.5 Å². The number of primary amides is 2. The Morgan fingerprint density at radius 3 is 2.53 bits per heavy atom. The molecule has 90 valence electrons. The van der Waals surface area contributed by atoms with E-state index in [4.69, 9.17) is 4.79 Å². The topological polar surface area (TPSA) is 84.9 Å². The second kappa shape index (κ2) is 4.91. The van der Waals surface area contributed by atoms with Crippen molar-refractivity contribution in [3.63, 3.8) is 0 Å². The maximum atomic E-state index is 9.00. The van der Waals surface area contributed by atoms with E-state index in [2.05, 4.69) is 40.7 Å². The van der Waals surface area contributed by atoms with Gasteiger partial charge in [0, 0.05) is 16.6 Å². The first-order valence-electron chi connectivity index (χ1n) is 5.82. The first-order valence-corrected chi connectivity index (χ1v) is 5.82. The smallest absolute Gasteiger partial charge is 0.309 e. The number of urea groups is 1. The number of hydrogen-bond acceptors (Lipinski definition) is 1. The molecule has 1 aromatic carbocycles. The molecular formula is C13H17N3O. The molecule has 17 heavy (non-hydrogen) atoms. The highest BCUT2D eigenvalue weighted by molar-refractivity contribution is 5.84. The van der Waals surface area contributed by atoms with Gasteiger partial charge in [-0.1, -0.05) is 18.2 Å². The van der Waals surface area contributed by atoms with Crippen LogP contribution in [0.25, 0.3) is 10.9 Å². The fourth-order valence-corrected chi connectivity index (χ4v) is 2.36. The molecule has 0 spiro atoms. The van der Waals surface area contributed by atoms with Gasteiger partial charge in [-0.15, -0.1) is 0 Å². The summed E-state index contributed by atoms with van der Waals surface area (Å²) in [7, 11) is 0. The monoisotopic (exact) mass is 231 g/mol. The van der Waals surface area contributed by atoms with Gasteiger partial charge in [-0.25, -0.2) is 4.79 Å². The SMILES string of the molecule is NC(N)=O.c1ccc2c3c([nH]c2c1)CCCC3. The number of rotatable bonds is 0. The van der Waals surface area contributed by atoms with Gasteiger partial charge in [0.05, 0.1) is 0 Å². The molecule has 1 aliphatic rings. The van der Waals surface area contributed by atoms with Crippen molar-refractivity contribution in [2.24, 2.45) is 11.5 Å². The van der Waals surface area contributed by atoms with Crippen LogP contribution in [0, 0.1) is 0 Å². The maximum Gasteiger partial charge on any atom is 0.309 e. The Bertz CT molecular complexity index is 526. The van der Waals surface area contributed by atoms with E-state index in [0.717, 1.165) is 0 Å². The molecule has 0 aliphatic heterocycles. The number of H-pyrrole nitrogens is 1. The molecule has 1 aromatic heterocycles. The minimum atomic E-state index is -0.833. The minimum Gasteiger partial charge on any atom is -0.358 e. The molecule has 4 nitrogen and oxygen atoms in total. The average molecular weight is 231 g/mol. The molecule has 0 radical (unpaired) electrons. The first kappa shape index (κ1) is 11.5. The Morgan fingerprint density at radius 1 is 1.12 bits per heavy atom. The van der Waals surface area contributed by atoms with Crippen LogP contribution in [0.15, 0.2) is 24.3 Å². The van der Waals surface area contributed by atoms with Crippen LogP contribution in [0.2, 0.25) is 0 Å². The van der Waals surface area contributed by atoms with Crippen molar-refractivity contribution in [2.45, 2.75) is 25.7 Å². The number of nitrogens with two attached hydrogens (primary N) is 2. The highest BCUT2D eigenvalue weighted by Gasteiger charge is 2.13. The Balaban J connectivity index is 0.000000239. The molecule has 0 bridgehead atoms. The number of aromatic amines is 1. The fraction of sp³-hybridized carbons (Fsp3) is 0.308. The maximum absolute atomic E-state index is 9.00. The molecule has 0 saturated carbocycles. The van der Waals surface area contributed by atoms with Crippen molar-refractivity contribution >= 4 is 16.9 Å². The van der Waals surface area contributed by atoms with Gasteiger partial charge in [-0.2, -0.15) is 0 Å². The second-order valence-electron chi connectivity index (χ2n) is 4.24. The third-order valence-electron chi connectivity index (χ3n) is 3.01. The number of carbonyl (C=O) groups is 1. The van der Waals surface area contributed by atoms with Crippen LogP contribution in [-0.2, 0) is 12.8 Å². The lowest BCUT2D eigenvalue weighted by molar-refractivity contribution is 0.256. The van der Waals surface area contributed by atoms with E-state index in [1.807, 2.05) is 0 Å². The van der Waals surface area contributed by atoms with Crippen LogP contribution < -0.4 is 11.5 Å². The number of para-hydroxylation sites is 1. The number of amides is 2. The Hall–Kier alpha value is -1.97. The van der Waals surface area contributed by atoms with Crippen molar-refractivity contribution in [3.05, 3.63) is 35.5 Å². The summed E-state index contributed by atoms with van der Waals surface area (Å²) in [5.41, 5.74) is 12.9. The third-order valence-corrected chi connectivity index (χ3v) is 3.01. The molecule has 2 amide bonds. The van der Waals surface area contributed by atoms with Gasteiger partial charge in [0.2, 0.25) is 0 Å². The Morgan fingerprint density at radius 2 is 1.76 bits per heavy atom. The summed E-state index contributed by atoms with van der Waals surface area (Å²) < 4.78 is 0. The van der Waals surface area contributed by atoms with Gasteiger partial charge >= 0.3 is 6.03 Å². The fourth-order valence-electron chi connectivity index (χ4n) is 2.36. The highest BCUT2D eigenvalue weighted by atomic mass is 16.2. The number of fused-ring (bicyclic) bond motifs is 3. The Kier molecular flexibility index (Phi) is 3.32. The third kappa shape index (κ3) is 2.58. The lowest BCUT2D eigenvalue weighted by Crippen LogP contribution is -2.18. The molecule has 0 saturated heterocycles. The second-order valence-corrected chi connectivity index (χ2v) is 4.24. The predicted molar refractivity (Wildman–Crippen MR) is 68.7 cm³/mol. The first-order chi connectivity index (χ1) is 8.18. The molecule has 1 heterocycles. The van der Waals surface area contributed by atoms with Crippen LogP contribution >= 0.6 is 0 Å². The van der Waals surface area contributed by atoms with Gasteiger partial charge in [0.15, 0.2) is 0 Å². The zero-order chi connectivity index (χ0) is 12.3. The summed E-state index contributed by atoms with van der Waals surface area (Å²) in [4.78, 5) is 12.5. The molecule has 5 N–H and O–H groups in total. The van der Waals surface area contributed by atoms with Gasteiger partial charge in [0.25, 0.3) is 0 Å². The van der Waals surface area contributed by atoms with Crippen molar-refractivity contribution in [1.82, 2.24) is 4.98 Å². The minimum absolute atomic E-state index is 0.833. The molecule has 0 atom stereocenters. The lowest BCUT2D eigenvalue weighted by Gasteiger charge is -2.10. The summed E-state index contributed by atoms with van der Waals surface area (Å²) in [6, 6.07) is 7.80. The zero-order valence-corrected chi connectivity index (χ0v) is 9.70. The van der Waals surface area contributed by atoms with E-state index in [-0.39, 0.29) is 0 Å². The molecule has 0 unspecified atom stereocenters.